The average Bonchev–Trinajstić information content (AvgIpc) is 2.37. The van der Waals surface area contributed by atoms with Gasteiger partial charge in [-0.1, -0.05) is 6.92 Å². The number of hydrogen-bond donors (Lipinski definition) is 0. The van der Waals surface area contributed by atoms with E-state index in [4.69, 9.17) is 9.47 Å². The van der Waals surface area contributed by atoms with Gasteiger partial charge in [-0.15, -0.1) is 0 Å². The van der Waals surface area contributed by atoms with Crippen molar-refractivity contribution in [3.63, 3.8) is 0 Å². The van der Waals surface area contributed by atoms with Crippen LogP contribution in [0, 0.1) is 5.92 Å². The summed E-state index contributed by atoms with van der Waals surface area (Å²) in [6.45, 7) is 4.12. The van der Waals surface area contributed by atoms with E-state index in [1.165, 1.54) is 12.8 Å². The van der Waals surface area contributed by atoms with Crippen LogP contribution in [0.4, 0.5) is 0 Å². The molecule has 0 aromatic carbocycles. The maximum atomic E-state index is 5.86. The summed E-state index contributed by atoms with van der Waals surface area (Å²) in [5.41, 5.74) is 0. The molecule has 2 nitrogen and oxygen atoms in total. The summed E-state index contributed by atoms with van der Waals surface area (Å²) in [7, 11) is 0. The van der Waals surface area contributed by atoms with Crippen molar-refractivity contribution in [2.75, 3.05) is 13.2 Å². The van der Waals surface area contributed by atoms with E-state index in [0.717, 1.165) is 44.8 Å². The van der Waals surface area contributed by atoms with E-state index < -0.39 is 0 Å². The van der Waals surface area contributed by atoms with Gasteiger partial charge in [-0.3, -0.25) is 0 Å². The molecule has 2 aliphatic rings. The van der Waals surface area contributed by atoms with Gasteiger partial charge in [0.2, 0.25) is 0 Å². The molecule has 2 heteroatoms. The summed E-state index contributed by atoms with van der Waals surface area (Å²) in [6, 6.07) is 0. The van der Waals surface area contributed by atoms with Crippen LogP contribution < -0.4 is 0 Å². The van der Waals surface area contributed by atoms with Gasteiger partial charge in [0.1, 0.15) is 0 Å². The van der Waals surface area contributed by atoms with E-state index in [-0.39, 0.29) is 5.79 Å². The second-order valence-corrected chi connectivity index (χ2v) is 4.50. The minimum absolute atomic E-state index is 0.178. The molecule has 1 saturated heterocycles. The Bertz CT molecular complexity index is 149. The van der Waals surface area contributed by atoms with E-state index in [0.29, 0.717) is 0 Å². The molecule has 2 fully saturated rings. The van der Waals surface area contributed by atoms with Crippen molar-refractivity contribution < 1.29 is 9.47 Å². The normalized spacial score (nSPS) is 30.2. The summed E-state index contributed by atoms with van der Waals surface area (Å²) in [6.07, 6.45) is 7.07. The Hall–Kier alpha value is -0.0800. The zero-order chi connectivity index (χ0) is 9.15. The Morgan fingerprint density at radius 3 is 2.08 bits per heavy atom. The smallest absolute Gasteiger partial charge is 0.168 e. The Morgan fingerprint density at radius 2 is 1.54 bits per heavy atom. The Labute approximate surface area is 80.6 Å². The van der Waals surface area contributed by atoms with Gasteiger partial charge in [0.25, 0.3) is 0 Å². The summed E-state index contributed by atoms with van der Waals surface area (Å²) < 4.78 is 11.7. The van der Waals surface area contributed by atoms with Crippen molar-refractivity contribution in [1.29, 1.82) is 0 Å². The highest BCUT2D eigenvalue weighted by Gasteiger charge is 2.36. The third kappa shape index (κ3) is 2.23. The maximum absolute atomic E-state index is 5.86. The van der Waals surface area contributed by atoms with E-state index in [9.17, 15) is 0 Å². The van der Waals surface area contributed by atoms with Crippen LogP contribution in [0.1, 0.15) is 45.4 Å². The molecule has 0 aromatic heterocycles. The minimum Gasteiger partial charge on any atom is -0.350 e. The predicted molar refractivity (Wildman–Crippen MR) is 51.5 cm³/mol. The second-order valence-electron chi connectivity index (χ2n) is 4.50. The average molecular weight is 184 g/mol. The molecule has 0 radical (unpaired) electrons. The summed E-state index contributed by atoms with van der Waals surface area (Å²) in [5, 5.41) is 0. The van der Waals surface area contributed by atoms with Gasteiger partial charge in [0.05, 0.1) is 13.2 Å². The maximum Gasteiger partial charge on any atom is 0.168 e. The molecule has 1 spiro atoms. The molecule has 76 valence electrons. The van der Waals surface area contributed by atoms with Gasteiger partial charge >= 0.3 is 0 Å². The first-order chi connectivity index (χ1) is 6.31. The molecule has 0 aromatic rings. The lowest BCUT2D eigenvalue weighted by atomic mass is 9.86. The SMILES string of the molecule is CC1CCC2(CC1)OCCCCO2. The first-order valence-corrected chi connectivity index (χ1v) is 5.59. The van der Waals surface area contributed by atoms with Gasteiger partial charge in [-0.2, -0.15) is 0 Å². The highest BCUT2D eigenvalue weighted by molar-refractivity contribution is 4.79. The van der Waals surface area contributed by atoms with Crippen LogP contribution in [-0.2, 0) is 9.47 Å². The quantitative estimate of drug-likeness (QED) is 0.576. The summed E-state index contributed by atoms with van der Waals surface area (Å²) in [5.74, 6) is 0.685. The van der Waals surface area contributed by atoms with Crippen LogP contribution in [-0.4, -0.2) is 19.0 Å². The van der Waals surface area contributed by atoms with Crippen molar-refractivity contribution in [3.8, 4) is 0 Å². The highest BCUT2D eigenvalue weighted by Crippen LogP contribution is 2.36. The lowest BCUT2D eigenvalue weighted by molar-refractivity contribution is -0.244. The van der Waals surface area contributed by atoms with Crippen LogP contribution in [0.2, 0.25) is 0 Å². The molecule has 2 rings (SSSR count). The zero-order valence-electron chi connectivity index (χ0n) is 8.55. The fourth-order valence-electron chi connectivity index (χ4n) is 2.25. The molecule has 1 heterocycles. The molecular weight excluding hydrogens is 164 g/mol. The first kappa shape index (κ1) is 9.47. The molecule has 1 saturated carbocycles. The summed E-state index contributed by atoms with van der Waals surface area (Å²) in [4.78, 5) is 0. The highest BCUT2D eigenvalue weighted by atomic mass is 16.7. The van der Waals surface area contributed by atoms with Gasteiger partial charge in [0.15, 0.2) is 5.79 Å². The van der Waals surface area contributed by atoms with Crippen molar-refractivity contribution in [2.45, 2.75) is 51.2 Å². The fraction of sp³-hybridized carbons (Fsp3) is 1.00. The van der Waals surface area contributed by atoms with Gasteiger partial charge < -0.3 is 9.47 Å². The number of ether oxygens (including phenoxy) is 2. The molecule has 0 bridgehead atoms. The first-order valence-electron chi connectivity index (χ1n) is 5.59. The molecule has 0 unspecified atom stereocenters. The monoisotopic (exact) mass is 184 g/mol. The molecular formula is C11H20O2. The van der Waals surface area contributed by atoms with Crippen LogP contribution in [0.25, 0.3) is 0 Å². The Kier molecular flexibility index (Phi) is 2.89. The largest absolute Gasteiger partial charge is 0.350 e. The third-order valence-electron chi connectivity index (χ3n) is 3.30. The van der Waals surface area contributed by atoms with E-state index in [1.54, 1.807) is 0 Å². The zero-order valence-corrected chi connectivity index (χ0v) is 8.55. The van der Waals surface area contributed by atoms with E-state index in [2.05, 4.69) is 6.92 Å². The van der Waals surface area contributed by atoms with Crippen molar-refractivity contribution in [1.82, 2.24) is 0 Å². The van der Waals surface area contributed by atoms with E-state index in [1.807, 2.05) is 0 Å². The van der Waals surface area contributed by atoms with Crippen molar-refractivity contribution in [3.05, 3.63) is 0 Å². The molecule has 1 aliphatic carbocycles. The van der Waals surface area contributed by atoms with Gasteiger partial charge in [0, 0.05) is 12.8 Å². The molecule has 13 heavy (non-hydrogen) atoms. The van der Waals surface area contributed by atoms with Gasteiger partial charge in [-0.25, -0.2) is 0 Å². The van der Waals surface area contributed by atoms with Crippen LogP contribution in [0.15, 0.2) is 0 Å². The fourth-order valence-corrected chi connectivity index (χ4v) is 2.25. The van der Waals surface area contributed by atoms with Crippen LogP contribution in [0.5, 0.6) is 0 Å². The lowest BCUT2D eigenvalue weighted by Gasteiger charge is -2.37. The van der Waals surface area contributed by atoms with Gasteiger partial charge in [-0.05, 0) is 31.6 Å². The minimum atomic E-state index is -0.178. The Balaban J connectivity index is 1.93. The Morgan fingerprint density at radius 1 is 1.00 bits per heavy atom. The third-order valence-corrected chi connectivity index (χ3v) is 3.30. The van der Waals surface area contributed by atoms with E-state index >= 15 is 0 Å². The van der Waals surface area contributed by atoms with Crippen molar-refractivity contribution >= 4 is 0 Å². The lowest BCUT2D eigenvalue weighted by Crippen LogP contribution is -2.39. The van der Waals surface area contributed by atoms with Crippen LogP contribution in [0.3, 0.4) is 0 Å². The molecule has 0 N–H and O–H groups in total. The molecule has 1 aliphatic heterocycles. The second kappa shape index (κ2) is 3.97. The van der Waals surface area contributed by atoms with Crippen LogP contribution >= 0.6 is 0 Å². The summed E-state index contributed by atoms with van der Waals surface area (Å²) >= 11 is 0. The topological polar surface area (TPSA) is 18.5 Å². The number of hydrogen-bond acceptors (Lipinski definition) is 2. The molecule has 0 amide bonds. The van der Waals surface area contributed by atoms with Crippen molar-refractivity contribution in [2.24, 2.45) is 5.92 Å². The number of rotatable bonds is 0. The molecule has 0 atom stereocenters. The predicted octanol–water partition coefficient (Wildman–Crippen LogP) is 2.72. The standard InChI is InChI=1S/C11H20O2/c1-10-4-6-11(7-5-10)12-8-2-3-9-13-11/h10H,2-9H2,1H3.